The molecule has 0 bridgehead atoms. The zero-order valence-corrected chi connectivity index (χ0v) is 17.0. The van der Waals surface area contributed by atoms with E-state index in [-0.39, 0.29) is 11.7 Å². The van der Waals surface area contributed by atoms with E-state index in [4.69, 9.17) is 13.9 Å². The summed E-state index contributed by atoms with van der Waals surface area (Å²) in [5.74, 6) is 0.167. The van der Waals surface area contributed by atoms with Crippen LogP contribution in [0.15, 0.2) is 77.2 Å². The van der Waals surface area contributed by atoms with E-state index >= 15 is 0 Å². The van der Waals surface area contributed by atoms with E-state index in [0.29, 0.717) is 34.0 Å². The average molecular weight is 416 g/mol. The first-order chi connectivity index (χ1) is 15.1. The van der Waals surface area contributed by atoms with Gasteiger partial charge in [0, 0.05) is 23.1 Å². The van der Waals surface area contributed by atoms with Crippen molar-refractivity contribution in [3.8, 4) is 11.5 Å². The molecule has 0 saturated carbocycles. The first kappa shape index (κ1) is 20.0. The fourth-order valence-corrected chi connectivity index (χ4v) is 3.15. The molecule has 0 spiro atoms. The lowest BCUT2D eigenvalue weighted by Crippen LogP contribution is -2.14. The molecule has 3 aromatic carbocycles. The van der Waals surface area contributed by atoms with Crippen LogP contribution in [-0.2, 0) is 0 Å². The molecular weight excluding hydrogens is 396 g/mol. The third kappa shape index (κ3) is 4.20. The smallest absolute Gasteiger partial charge is 0.291 e. The molecule has 2 N–H and O–H groups in total. The second kappa shape index (κ2) is 8.62. The number of carbonyl (C=O) groups is 2. The van der Waals surface area contributed by atoms with Crippen LogP contribution >= 0.6 is 0 Å². The lowest BCUT2D eigenvalue weighted by Gasteiger charge is -2.16. The van der Waals surface area contributed by atoms with E-state index in [9.17, 15) is 9.59 Å². The summed E-state index contributed by atoms with van der Waals surface area (Å²) in [5.41, 5.74) is 1.92. The fourth-order valence-electron chi connectivity index (χ4n) is 3.15. The van der Waals surface area contributed by atoms with Crippen molar-refractivity contribution in [1.29, 1.82) is 0 Å². The maximum absolute atomic E-state index is 12.7. The van der Waals surface area contributed by atoms with Gasteiger partial charge in [-0.05, 0) is 24.3 Å². The summed E-state index contributed by atoms with van der Waals surface area (Å²) in [4.78, 5) is 25.3. The number of hydrogen-bond donors (Lipinski definition) is 2. The largest absolute Gasteiger partial charge is 0.494 e. The highest BCUT2D eigenvalue weighted by atomic mass is 16.5. The zero-order valence-electron chi connectivity index (χ0n) is 17.0. The highest BCUT2D eigenvalue weighted by molar-refractivity contribution is 6.07. The van der Waals surface area contributed by atoms with Gasteiger partial charge in [-0.1, -0.05) is 36.4 Å². The summed E-state index contributed by atoms with van der Waals surface area (Å²) in [5, 5.41) is 6.41. The molecule has 0 atom stereocenters. The predicted molar refractivity (Wildman–Crippen MR) is 118 cm³/mol. The molecule has 0 aliphatic heterocycles. The number of anilines is 2. The number of para-hydroxylation sites is 1. The molecule has 7 heteroatoms. The summed E-state index contributed by atoms with van der Waals surface area (Å²) >= 11 is 0. The van der Waals surface area contributed by atoms with Gasteiger partial charge in [-0.15, -0.1) is 0 Å². The molecule has 7 nitrogen and oxygen atoms in total. The molecule has 0 fully saturated rings. The minimum Gasteiger partial charge on any atom is -0.494 e. The van der Waals surface area contributed by atoms with E-state index in [1.54, 1.807) is 48.5 Å². The van der Waals surface area contributed by atoms with Crippen molar-refractivity contribution in [3.63, 3.8) is 0 Å². The molecule has 0 unspecified atom stereocenters. The first-order valence-corrected chi connectivity index (χ1v) is 9.51. The van der Waals surface area contributed by atoms with E-state index in [2.05, 4.69) is 10.6 Å². The van der Waals surface area contributed by atoms with Crippen LogP contribution in [0.2, 0.25) is 0 Å². The van der Waals surface area contributed by atoms with Gasteiger partial charge < -0.3 is 24.5 Å². The number of furan rings is 1. The molecule has 0 aliphatic rings. The van der Waals surface area contributed by atoms with Gasteiger partial charge in [-0.3, -0.25) is 9.59 Å². The minimum absolute atomic E-state index is 0.170. The van der Waals surface area contributed by atoms with Crippen molar-refractivity contribution < 1.29 is 23.5 Å². The Balaban J connectivity index is 1.60. The van der Waals surface area contributed by atoms with Crippen molar-refractivity contribution in [2.45, 2.75) is 0 Å². The Morgan fingerprint density at radius 2 is 1.32 bits per heavy atom. The normalized spacial score (nSPS) is 10.5. The quantitative estimate of drug-likeness (QED) is 0.464. The van der Waals surface area contributed by atoms with Crippen LogP contribution in [0.3, 0.4) is 0 Å². The summed E-state index contributed by atoms with van der Waals surface area (Å²) in [6.45, 7) is 0. The number of hydrogen-bond acceptors (Lipinski definition) is 5. The Bertz CT molecular complexity index is 1210. The number of nitrogens with one attached hydrogen (secondary N) is 2. The molecule has 1 aromatic heterocycles. The number of rotatable bonds is 6. The number of methoxy groups -OCH3 is 2. The maximum Gasteiger partial charge on any atom is 0.291 e. The average Bonchev–Trinajstić information content (AvgIpc) is 3.24. The molecule has 4 aromatic rings. The highest BCUT2D eigenvalue weighted by Gasteiger charge is 2.18. The van der Waals surface area contributed by atoms with Crippen LogP contribution in [0, 0.1) is 0 Å². The predicted octanol–water partition coefficient (Wildman–Crippen LogP) is 4.95. The molecule has 156 valence electrons. The zero-order chi connectivity index (χ0) is 21.8. The minimum atomic E-state index is -0.433. The van der Waals surface area contributed by atoms with E-state index < -0.39 is 5.91 Å². The number of benzene rings is 3. The van der Waals surface area contributed by atoms with Gasteiger partial charge in [-0.2, -0.15) is 0 Å². The van der Waals surface area contributed by atoms with Gasteiger partial charge in [0.2, 0.25) is 0 Å². The van der Waals surface area contributed by atoms with Gasteiger partial charge in [0.1, 0.15) is 17.1 Å². The molecule has 0 radical (unpaired) electrons. The molecule has 0 saturated heterocycles. The van der Waals surface area contributed by atoms with Crippen LogP contribution < -0.4 is 20.1 Å². The Hall–Kier alpha value is -4.26. The van der Waals surface area contributed by atoms with Crippen LogP contribution in [0.25, 0.3) is 11.0 Å². The Morgan fingerprint density at radius 3 is 1.94 bits per heavy atom. The second-order valence-electron chi connectivity index (χ2n) is 6.68. The number of ether oxygens (including phenoxy) is 2. The number of amides is 2. The highest BCUT2D eigenvalue weighted by Crippen LogP contribution is 2.37. The summed E-state index contributed by atoms with van der Waals surface area (Å²) in [6.07, 6.45) is 0. The van der Waals surface area contributed by atoms with Crippen molar-refractivity contribution >= 4 is 34.2 Å². The Labute approximate surface area is 178 Å². The molecule has 4 rings (SSSR count). The van der Waals surface area contributed by atoms with Gasteiger partial charge in [0.05, 0.1) is 25.6 Å². The van der Waals surface area contributed by atoms with Crippen molar-refractivity contribution in [3.05, 3.63) is 84.1 Å². The van der Waals surface area contributed by atoms with Gasteiger partial charge in [0.25, 0.3) is 11.8 Å². The van der Waals surface area contributed by atoms with Gasteiger partial charge in [0.15, 0.2) is 5.76 Å². The molecular formula is C24H20N2O5. The maximum atomic E-state index is 12.7. The summed E-state index contributed by atoms with van der Waals surface area (Å²) < 4.78 is 16.4. The molecule has 1 heterocycles. The van der Waals surface area contributed by atoms with E-state index in [1.807, 2.05) is 24.3 Å². The number of carbonyl (C=O) groups excluding carboxylic acids is 2. The summed E-state index contributed by atoms with van der Waals surface area (Å²) in [7, 11) is 2.95. The third-order valence-electron chi connectivity index (χ3n) is 4.70. The van der Waals surface area contributed by atoms with E-state index in [1.165, 1.54) is 14.2 Å². The van der Waals surface area contributed by atoms with Crippen LogP contribution in [0.1, 0.15) is 20.9 Å². The lowest BCUT2D eigenvalue weighted by atomic mass is 10.2. The second-order valence-corrected chi connectivity index (χ2v) is 6.68. The van der Waals surface area contributed by atoms with Crippen LogP contribution in [-0.4, -0.2) is 26.0 Å². The van der Waals surface area contributed by atoms with Gasteiger partial charge in [-0.25, -0.2) is 0 Å². The molecule has 31 heavy (non-hydrogen) atoms. The molecule has 0 aliphatic carbocycles. The van der Waals surface area contributed by atoms with Gasteiger partial charge >= 0.3 is 0 Å². The lowest BCUT2D eigenvalue weighted by molar-refractivity contribution is 0.0996. The fraction of sp³-hybridized carbons (Fsp3) is 0.0833. The number of fused-ring (bicyclic) bond motifs is 1. The monoisotopic (exact) mass is 416 g/mol. The standard InChI is InChI=1S/C24H20N2O5/c1-29-20-14-18(26-24(28)22-12-16-10-6-7-11-19(16)31-22)21(30-2)13-17(20)25-23(27)15-8-4-3-5-9-15/h3-14H,1-2H3,(H,25,27)(H,26,28). The van der Waals surface area contributed by atoms with E-state index in [0.717, 1.165) is 5.39 Å². The first-order valence-electron chi connectivity index (χ1n) is 9.51. The SMILES string of the molecule is COc1cc(NC(=O)c2cc3ccccc3o2)c(OC)cc1NC(=O)c1ccccc1. The topological polar surface area (TPSA) is 89.8 Å². The van der Waals surface area contributed by atoms with Crippen LogP contribution in [0.4, 0.5) is 11.4 Å². The summed E-state index contributed by atoms with van der Waals surface area (Å²) in [6, 6.07) is 21.0. The Kier molecular flexibility index (Phi) is 5.57. The van der Waals surface area contributed by atoms with Crippen LogP contribution in [0.5, 0.6) is 11.5 Å². The molecule has 2 amide bonds. The van der Waals surface area contributed by atoms with Crippen molar-refractivity contribution in [2.24, 2.45) is 0 Å². The third-order valence-corrected chi connectivity index (χ3v) is 4.70. The van der Waals surface area contributed by atoms with Crippen molar-refractivity contribution in [1.82, 2.24) is 0 Å². The Morgan fingerprint density at radius 1 is 0.742 bits per heavy atom. The van der Waals surface area contributed by atoms with Crippen molar-refractivity contribution in [2.75, 3.05) is 24.9 Å².